The van der Waals surface area contributed by atoms with E-state index in [1.54, 1.807) is 14.2 Å². The SMILES string of the molecule is COCCN(Cc1ccccc1)C(=O)c1ccc(COC)cc1. The van der Waals surface area contributed by atoms with Crippen LogP contribution in [0.5, 0.6) is 0 Å². The molecule has 2 aromatic carbocycles. The first-order chi connectivity index (χ1) is 11.2. The molecule has 0 aromatic heterocycles. The number of hydrogen-bond acceptors (Lipinski definition) is 3. The highest BCUT2D eigenvalue weighted by Gasteiger charge is 2.16. The van der Waals surface area contributed by atoms with Gasteiger partial charge in [0.1, 0.15) is 0 Å². The van der Waals surface area contributed by atoms with Gasteiger partial charge in [-0.05, 0) is 23.3 Å². The highest BCUT2D eigenvalue weighted by molar-refractivity contribution is 5.94. The third-order valence-electron chi connectivity index (χ3n) is 3.58. The van der Waals surface area contributed by atoms with E-state index >= 15 is 0 Å². The number of carbonyl (C=O) groups excluding carboxylic acids is 1. The molecule has 0 radical (unpaired) electrons. The monoisotopic (exact) mass is 313 g/mol. The molecule has 0 aliphatic carbocycles. The van der Waals surface area contributed by atoms with Gasteiger partial charge in [-0.3, -0.25) is 4.79 Å². The van der Waals surface area contributed by atoms with Gasteiger partial charge in [0.25, 0.3) is 5.91 Å². The van der Waals surface area contributed by atoms with Gasteiger partial charge in [-0.15, -0.1) is 0 Å². The number of nitrogens with zero attached hydrogens (tertiary/aromatic N) is 1. The van der Waals surface area contributed by atoms with E-state index in [0.29, 0.717) is 31.9 Å². The van der Waals surface area contributed by atoms with Gasteiger partial charge in [-0.2, -0.15) is 0 Å². The average Bonchev–Trinajstić information content (AvgIpc) is 2.60. The Balaban J connectivity index is 2.11. The second-order valence-electron chi connectivity index (χ2n) is 5.34. The Labute approximate surface area is 137 Å². The van der Waals surface area contributed by atoms with Crippen LogP contribution in [0.15, 0.2) is 54.6 Å². The minimum absolute atomic E-state index is 0.00914. The van der Waals surface area contributed by atoms with Gasteiger partial charge in [-0.1, -0.05) is 42.5 Å². The predicted molar refractivity (Wildman–Crippen MR) is 90.2 cm³/mol. The summed E-state index contributed by atoms with van der Waals surface area (Å²) in [6.07, 6.45) is 0. The van der Waals surface area contributed by atoms with E-state index in [1.165, 1.54) is 0 Å². The molecule has 0 spiro atoms. The minimum atomic E-state index is 0.00914. The first-order valence-electron chi connectivity index (χ1n) is 7.64. The molecule has 0 saturated carbocycles. The Morgan fingerprint density at radius 3 is 2.22 bits per heavy atom. The number of carbonyl (C=O) groups is 1. The van der Waals surface area contributed by atoms with Crippen LogP contribution in [0, 0.1) is 0 Å². The molecule has 0 N–H and O–H groups in total. The van der Waals surface area contributed by atoms with Crippen molar-refractivity contribution in [3.63, 3.8) is 0 Å². The maximum atomic E-state index is 12.8. The van der Waals surface area contributed by atoms with E-state index in [1.807, 2.05) is 59.5 Å². The van der Waals surface area contributed by atoms with Crippen molar-refractivity contribution >= 4 is 5.91 Å². The maximum absolute atomic E-state index is 12.8. The maximum Gasteiger partial charge on any atom is 0.254 e. The van der Waals surface area contributed by atoms with Crippen LogP contribution >= 0.6 is 0 Å². The van der Waals surface area contributed by atoms with Gasteiger partial charge in [0.2, 0.25) is 0 Å². The van der Waals surface area contributed by atoms with Gasteiger partial charge in [0.15, 0.2) is 0 Å². The number of amides is 1. The van der Waals surface area contributed by atoms with Crippen molar-refractivity contribution in [3.05, 3.63) is 71.3 Å². The lowest BCUT2D eigenvalue weighted by molar-refractivity contribution is 0.0680. The smallest absolute Gasteiger partial charge is 0.254 e. The zero-order chi connectivity index (χ0) is 16.5. The summed E-state index contributed by atoms with van der Waals surface area (Å²) in [5.41, 5.74) is 2.83. The lowest BCUT2D eigenvalue weighted by Gasteiger charge is -2.23. The van der Waals surface area contributed by atoms with Gasteiger partial charge in [0, 0.05) is 32.9 Å². The third kappa shape index (κ3) is 5.20. The quantitative estimate of drug-likeness (QED) is 0.751. The Bertz CT molecular complexity index is 596. The van der Waals surface area contributed by atoms with Crippen LogP contribution in [-0.4, -0.2) is 38.2 Å². The third-order valence-corrected chi connectivity index (χ3v) is 3.58. The molecule has 0 aliphatic heterocycles. The van der Waals surface area contributed by atoms with Crippen LogP contribution in [0.2, 0.25) is 0 Å². The van der Waals surface area contributed by atoms with Crippen molar-refractivity contribution in [2.24, 2.45) is 0 Å². The summed E-state index contributed by atoms with van der Waals surface area (Å²) in [5, 5.41) is 0. The van der Waals surface area contributed by atoms with E-state index in [9.17, 15) is 4.79 Å². The normalized spacial score (nSPS) is 10.5. The summed E-state index contributed by atoms with van der Waals surface area (Å²) in [6.45, 7) is 2.19. The van der Waals surface area contributed by atoms with Gasteiger partial charge in [0.05, 0.1) is 13.2 Å². The summed E-state index contributed by atoms with van der Waals surface area (Å²) in [5.74, 6) is 0.00914. The van der Waals surface area contributed by atoms with Gasteiger partial charge < -0.3 is 14.4 Å². The van der Waals surface area contributed by atoms with Crippen LogP contribution in [0.3, 0.4) is 0 Å². The Morgan fingerprint density at radius 1 is 0.913 bits per heavy atom. The van der Waals surface area contributed by atoms with Crippen LogP contribution < -0.4 is 0 Å². The molecular weight excluding hydrogens is 290 g/mol. The number of rotatable bonds is 8. The van der Waals surface area contributed by atoms with Crippen LogP contribution in [0.4, 0.5) is 0 Å². The zero-order valence-electron chi connectivity index (χ0n) is 13.7. The lowest BCUT2D eigenvalue weighted by atomic mass is 10.1. The predicted octanol–water partition coefficient (Wildman–Crippen LogP) is 3.12. The average molecular weight is 313 g/mol. The van der Waals surface area contributed by atoms with E-state index in [-0.39, 0.29) is 5.91 Å². The topological polar surface area (TPSA) is 38.8 Å². The molecule has 0 unspecified atom stereocenters. The zero-order valence-corrected chi connectivity index (χ0v) is 13.7. The Kier molecular flexibility index (Phi) is 6.78. The van der Waals surface area contributed by atoms with E-state index in [2.05, 4.69) is 0 Å². The molecule has 4 heteroatoms. The van der Waals surface area contributed by atoms with Crippen LogP contribution in [0.25, 0.3) is 0 Å². The summed E-state index contributed by atoms with van der Waals surface area (Å²) in [6, 6.07) is 17.5. The first-order valence-corrected chi connectivity index (χ1v) is 7.64. The molecule has 0 saturated heterocycles. The molecule has 0 heterocycles. The van der Waals surface area contributed by atoms with E-state index in [4.69, 9.17) is 9.47 Å². The standard InChI is InChI=1S/C19H23NO3/c1-22-13-12-20(14-16-6-4-3-5-7-16)19(21)18-10-8-17(9-11-18)15-23-2/h3-11H,12-15H2,1-2H3. The number of benzene rings is 2. The van der Waals surface area contributed by atoms with Crippen molar-refractivity contribution in [1.29, 1.82) is 0 Å². The highest BCUT2D eigenvalue weighted by atomic mass is 16.5. The van der Waals surface area contributed by atoms with Crippen LogP contribution in [0.1, 0.15) is 21.5 Å². The molecule has 0 fully saturated rings. The van der Waals surface area contributed by atoms with Gasteiger partial charge in [-0.25, -0.2) is 0 Å². The molecule has 0 bridgehead atoms. The van der Waals surface area contributed by atoms with Crippen LogP contribution in [-0.2, 0) is 22.6 Å². The Morgan fingerprint density at radius 2 is 1.61 bits per heavy atom. The molecule has 0 atom stereocenters. The molecular formula is C19H23NO3. The number of methoxy groups -OCH3 is 2. The second-order valence-corrected chi connectivity index (χ2v) is 5.34. The van der Waals surface area contributed by atoms with Crippen molar-refractivity contribution in [2.45, 2.75) is 13.2 Å². The molecule has 0 aliphatic rings. The van der Waals surface area contributed by atoms with Crippen molar-refractivity contribution in [1.82, 2.24) is 4.90 Å². The molecule has 1 amide bonds. The number of hydrogen-bond donors (Lipinski definition) is 0. The fourth-order valence-corrected chi connectivity index (χ4v) is 2.35. The number of ether oxygens (including phenoxy) is 2. The fourth-order valence-electron chi connectivity index (χ4n) is 2.35. The molecule has 122 valence electrons. The largest absolute Gasteiger partial charge is 0.383 e. The summed E-state index contributed by atoms with van der Waals surface area (Å²) in [7, 11) is 3.30. The molecule has 2 aromatic rings. The minimum Gasteiger partial charge on any atom is -0.383 e. The Hall–Kier alpha value is -2.17. The fraction of sp³-hybridized carbons (Fsp3) is 0.316. The summed E-state index contributed by atoms with van der Waals surface area (Å²) in [4.78, 5) is 14.6. The lowest BCUT2D eigenvalue weighted by Crippen LogP contribution is -2.33. The second kappa shape index (κ2) is 9.08. The van der Waals surface area contributed by atoms with E-state index in [0.717, 1.165) is 11.1 Å². The highest BCUT2D eigenvalue weighted by Crippen LogP contribution is 2.12. The van der Waals surface area contributed by atoms with E-state index < -0.39 is 0 Å². The first kappa shape index (κ1) is 17.2. The van der Waals surface area contributed by atoms with Crippen molar-refractivity contribution in [3.8, 4) is 0 Å². The summed E-state index contributed by atoms with van der Waals surface area (Å²) >= 11 is 0. The van der Waals surface area contributed by atoms with Crippen molar-refractivity contribution < 1.29 is 14.3 Å². The molecule has 23 heavy (non-hydrogen) atoms. The summed E-state index contributed by atoms with van der Waals surface area (Å²) < 4.78 is 10.2. The van der Waals surface area contributed by atoms with Gasteiger partial charge >= 0.3 is 0 Å². The van der Waals surface area contributed by atoms with Crippen molar-refractivity contribution in [2.75, 3.05) is 27.4 Å². The molecule has 2 rings (SSSR count). The molecule has 4 nitrogen and oxygen atoms in total.